The maximum Gasteiger partial charge on any atom is 0.105 e. The summed E-state index contributed by atoms with van der Waals surface area (Å²) in [5.41, 5.74) is 3.67. The molecule has 1 aliphatic carbocycles. The molecule has 0 atom stereocenters. The SMILES string of the molecule is CC1=CC(=C(/C#N)c2ccccc2)/C=CC/1=N/O. The van der Waals surface area contributed by atoms with Crippen LogP contribution >= 0.6 is 0 Å². The number of nitrogens with zero attached hydrogens (tertiary/aromatic N) is 2. The molecular formula is C15H12N2O. The number of hydrogen-bond acceptors (Lipinski definition) is 3. The Kier molecular flexibility index (Phi) is 3.40. The number of hydrogen-bond donors (Lipinski definition) is 1. The van der Waals surface area contributed by atoms with Crippen LogP contribution in [0.15, 0.2) is 64.9 Å². The lowest BCUT2D eigenvalue weighted by Crippen LogP contribution is -2.01. The van der Waals surface area contributed by atoms with Gasteiger partial charge in [0.15, 0.2) is 0 Å². The van der Waals surface area contributed by atoms with Gasteiger partial charge in [0.1, 0.15) is 11.8 Å². The highest BCUT2D eigenvalue weighted by Crippen LogP contribution is 2.23. The first-order valence-corrected chi connectivity index (χ1v) is 5.55. The van der Waals surface area contributed by atoms with Crippen LogP contribution in [0.4, 0.5) is 0 Å². The van der Waals surface area contributed by atoms with Crippen LogP contribution in [0.2, 0.25) is 0 Å². The summed E-state index contributed by atoms with van der Waals surface area (Å²) in [6.07, 6.45) is 5.33. The maximum atomic E-state index is 9.29. The number of oxime groups is 1. The second-order valence-corrected chi connectivity index (χ2v) is 3.95. The Labute approximate surface area is 106 Å². The fourth-order valence-electron chi connectivity index (χ4n) is 1.82. The van der Waals surface area contributed by atoms with Gasteiger partial charge in [0.05, 0.1) is 5.57 Å². The molecule has 3 nitrogen and oxygen atoms in total. The predicted molar refractivity (Wildman–Crippen MR) is 71.1 cm³/mol. The quantitative estimate of drug-likeness (QED) is 0.462. The van der Waals surface area contributed by atoms with Crippen molar-refractivity contribution in [1.29, 1.82) is 5.26 Å². The van der Waals surface area contributed by atoms with Crippen LogP contribution in [0.25, 0.3) is 5.57 Å². The Morgan fingerprint density at radius 1 is 1.22 bits per heavy atom. The predicted octanol–water partition coefficient (Wildman–Crippen LogP) is 3.31. The molecule has 1 N–H and O–H groups in total. The van der Waals surface area contributed by atoms with E-state index in [1.54, 1.807) is 12.2 Å². The Hall–Kier alpha value is -2.60. The molecule has 0 saturated carbocycles. The lowest BCUT2D eigenvalue weighted by molar-refractivity contribution is 0.319. The Bertz CT molecular complexity index is 614. The zero-order valence-corrected chi connectivity index (χ0v) is 9.96. The van der Waals surface area contributed by atoms with Gasteiger partial charge in [-0.25, -0.2) is 0 Å². The summed E-state index contributed by atoms with van der Waals surface area (Å²) in [5, 5.41) is 21.2. The molecule has 0 radical (unpaired) electrons. The van der Waals surface area contributed by atoms with Gasteiger partial charge in [-0.2, -0.15) is 5.26 Å². The minimum atomic E-state index is 0.518. The molecule has 0 bridgehead atoms. The summed E-state index contributed by atoms with van der Waals surface area (Å²) in [6.45, 7) is 1.85. The molecule has 1 aliphatic rings. The Balaban J connectivity index is 2.52. The zero-order valence-electron chi connectivity index (χ0n) is 9.96. The fourth-order valence-corrected chi connectivity index (χ4v) is 1.82. The van der Waals surface area contributed by atoms with Crippen molar-refractivity contribution < 1.29 is 5.21 Å². The second kappa shape index (κ2) is 5.15. The normalized spacial score (nSPS) is 19.3. The van der Waals surface area contributed by atoms with Crippen LogP contribution in [0.3, 0.4) is 0 Å². The first-order chi connectivity index (χ1) is 8.76. The van der Waals surface area contributed by atoms with Crippen LogP contribution in [0.5, 0.6) is 0 Å². The van der Waals surface area contributed by atoms with Crippen molar-refractivity contribution in [1.82, 2.24) is 0 Å². The third-order valence-corrected chi connectivity index (χ3v) is 2.77. The van der Waals surface area contributed by atoms with E-state index in [1.165, 1.54) is 0 Å². The minimum Gasteiger partial charge on any atom is -0.410 e. The maximum absolute atomic E-state index is 9.29. The van der Waals surface area contributed by atoms with E-state index in [9.17, 15) is 5.26 Å². The van der Waals surface area contributed by atoms with E-state index in [-0.39, 0.29) is 0 Å². The number of benzene rings is 1. The summed E-state index contributed by atoms with van der Waals surface area (Å²) in [5.74, 6) is 0. The van der Waals surface area contributed by atoms with E-state index < -0.39 is 0 Å². The average Bonchev–Trinajstić information content (AvgIpc) is 2.41. The van der Waals surface area contributed by atoms with E-state index in [0.29, 0.717) is 11.3 Å². The largest absolute Gasteiger partial charge is 0.410 e. The molecule has 0 aromatic heterocycles. The minimum absolute atomic E-state index is 0.518. The summed E-state index contributed by atoms with van der Waals surface area (Å²) >= 11 is 0. The third kappa shape index (κ3) is 2.23. The highest BCUT2D eigenvalue weighted by molar-refractivity contribution is 6.10. The molecular weight excluding hydrogens is 224 g/mol. The van der Waals surface area contributed by atoms with Crippen molar-refractivity contribution in [3.8, 4) is 6.07 Å². The van der Waals surface area contributed by atoms with Gasteiger partial charge in [0.25, 0.3) is 0 Å². The summed E-state index contributed by atoms with van der Waals surface area (Å²) in [6, 6.07) is 11.7. The zero-order chi connectivity index (χ0) is 13.0. The lowest BCUT2D eigenvalue weighted by Gasteiger charge is -2.09. The monoisotopic (exact) mass is 236 g/mol. The summed E-state index contributed by atoms with van der Waals surface area (Å²) in [4.78, 5) is 0. The molecule has 2 rings (SSSR count). The number of rotatable bonds is 1. The first kappa shape index (κ1) is 11.9. The van der Waals surface area contributed by atoms with Gasteiger partial charge in [-0.1, -0.05) is 41.6 Å². The second-order valence-electron chi connectivity index (χ2n) is 3.95. The van der Waals surface area contributed by atoms with E-state index >= 15 is 0 Å². The highest BCUT2D eigenvalue weighted by atomic mass is 16.4. The molecule has 18 heavy (non-hydrogen) atoms. The first-order valence-electron chi connectivity index (χ1n) is 5.55. The van der Waals surface area contributed by atoms with Gasteiger partial charge in [0.2, 0.25) is 0 Å². The van der Waals surface area contributed by atoms with Crippen LogP contribution < -0.4 is 0 Å². The molecule has 0 heterocycles. The van der Waals surface area contributed by atoms with Gasteiger partial charge in [-0.05, 0) is 35.8 Å². The molecule has 3 heteroatoms. The molecule has 88 valence electrons. The summed E-state index contributed by atoms with van der Waals surface area (Å²) in [7, 11) is 0. The van der Waals surface area contributed by atoms with E-state index in [0.717, 1.165) is 16.7 Å². The van der Waals surface area contributed by atoms with Crippen molar-refractivity contribution in [2.75, 3.05) is 0 Å². The van der Waals surface area contributed by atoms with Gasteiger partial charge in [0, 0.05) is 0 Å². The van der Waals surface area contributed by atoms with Gasteiger partial charge in [-0.3, -0.25) is 0 Å². The van der Waals surface area contributed by atoms with Crippen molar-refractivity contribution in [3.05, 3.63) is 65.3 Å². The molecule has 1 aromatic carbocycles. The van der Waals surface area contributed by atoms with E-state index in [4.69, 9.17) is 5.21 Å². The van der Waals surface area contributed by atoms with E-state index in [2.05, 4.69) is 11.2 Å². The third-order valence-electron chi connectivity index (χ3n) is 2.77. The number of allylic oxidation sites excluding steroid dienone is 6. The van der Waals surface area contributed by atoms with Gasteiger partial charge in [-0.15, -0.1) is 0 Å². The summed E-state index contributed by atoms with van der Waals surface area (Å²) < 4.78 is 0. The smallest absolute Gasteiger partial charge is 0.105 e. The van der Waals surface area contributed by atoms with Crippen molar-refractivity contribution in [2.45, 2.75) is 6.92 Å². The molecule has 0 unspecified atom stereocenters. The molecule has 0 amide bonds. The standard InChI is InChI=1S/C15H12N2O/c1-11-9-13(7-8-15(11)17-18)14(10-16)12-5-3-2-4-6-12/h2-9,18H,1H3/b14-13-,17-15-. The fraction of sp³-hybridized carbons (Fsp3) is 0.0667. The van der Waals surface area contributed by atoms with Crippen LogP contribution in [0.1, 0.15) is 12.5 Å². The number of nitriles is 1. The lowest BCUT2D eigenvalue weighted by atomic mass is 9.94. The molecule has 0 saturated heterocycles. The molecule has 1 aromatic rings. The van der Waals surface area contributed by atoms with Crippen molar-refractivity contribution in [2.24, 2.45) is 5.16 Å². The van der Waals surface area contributed by atoms with Crippen LogP contribution in [-0.4, -0.2) is 10.9 Å². The Morgan fingerprint density at radius 3 is 2.50 bits per heavy atom. The van der Waals surface area contributed by atoms with Gasteiger partial charge < -0.3 is 5.21 Å². The van der Waals surface area contributed by atoms with Gasteiger partial charge >= 0.3 is 0 Å². The average molecular weight is 236 g/mol. The van der Waals surface area contributed by atoms with Crippen molar-refractivity contribution in [3.63, 3.8) is 0 Å². The topological polar surface area (TPSA) is 56.4 Å². The highest BCUT2D eigenvalue weighted by Gasteiger charge is 2.10. The van der Waals surface area contributed by atoms with E-state index in [1.807, 2.05) is 43.3 Å². The molecule has 0 fully saturated rings. The van der Waals surface area contributed by atoms with Crippen LogP contribution in [-0.2, 0) is 0 Å². The van der Waals surface area contributed by atoms with Crippen LogP contribution in [0, 0.1) is 11.3 Å². The molecule has 0 aliphatic heterocycles. The van der Waals surface area contributed by atoms with Crippen molar-refractivity contribution >= 4 is 11.3 Å². The Morgan fingerprint density at radius 2 is 1.94 bits per heavy atom. The molecule has 0 spiro atoms.